The van der Waals surface area contributed by atoms with Crippen LogP contribution in [-0.4, -0.2) is 37.4 Å². The lowest BCUT2D eigenvalue weighted by molar-refractivity contribution is -0.133. The summed E-state index contributed by atoms with van der Waals surface area (Å²) < 4.78 is 49.8. The molecule has 3 heterocycles. The first-order valence-electron chi connectivity index (χ1n) is 10.3. The largest absolute Gasteiger partial charge is 0.477 e. The minimum atomic E-state index is -4.18. The molecule has 10 heteroatoms. The van der Waals surface area contributed by atoms with Crippen molar-refractivity contribution in [2.75, 3.05) is 13.6 Å². The quantitative estimate of drug-likeness (QED) is 0.607. The molecule has 1 N–H and O–H groups in total. The van der Waals surface area contributed by atoms with Crippen LogP contribution < -0.4 is 18.9 Å². The number of carbonyl (C=O) groups is 1. The molecule has 0 radical (unpaired) electrons. The molecule has 3 aromatic carbocycles. The van der Waals surface area contributed by atoms with Crippen molar-refractivity contribution in [3.8, 4) is 23.0 Å². The van der Waals surface area contributed by atoms with E-state index in [1.165, 1.54) is 6.07 Å². The minimum absolute atomic E-state index is 0.0217. The highest BCUT2D eigenvalue weighted by atomic mass is 32.2. The number of fused-ring (bicyclic) bond motifs is 3. The Balaban J connectivity index is 1.57. The number of hydrogen-bond donors (Lipinski definition) is 1. The van der Waals surface area contributed by atoms with Gasteiger partial charge in [-0.3, -0.25) is 4.31 Å². The van der Waals surface area contributed by atoms with Gasteiger partial charge in [-0.15, -0.1) is 0 Å². The van der Waals surface area contributed by atoms with Gasteiger partial charge in [-0.25, -0.2) is 13.2 Å². The summed E-state index contributed by atoms with van der Waals surface area (Å²) in [6.07, 6.45) is 0. The lowest BCUT2D eigenvalue weighted by Gasteiger charge is -2.32. The molecule has 0 saturated carbocycles. The normalized spacial score (nSPS) is 17.0. The molecule has 0 bridgehead atoms. The van der Waals surface area contributed by atoms with Crippen LogP contribution in [-0.2, 0) is 21.4 Å². The SMILES string of the molecule is O=C(O)C1=C(c2ccc3c(c2)OCO3)c2ccccc2S(=O)(=O)N1Cc1ccc2c(c1)OCO2. The molecule has 172 valence electrons. The molecular formula is C24H17NO8S. The summed E-state index contributed by atoms with van der Waals surface area (Å²) >= 11 is 0. The number of sulfonamides is 1. The van der Waals surface area contributed by atoms with E-state index in [0.717, 1.165) is 4.31 Å². The van der Waals surface area contributed by atoms with E-state index in [1.807, 2.05) is 0 Å². The smallest absolute Gasteiger partial charge is 0.353 e. The lowest BCUT2D eigenvalue weighted by atomic mass is 9.94. The van der Waals surface area contributed by atoms with Crippen LogP contribution in [0.25, 0.3) is 5.57 Å². The first-order valence-corrected chi connectivity index (χ1v) is 11.8. The molecule has 0 spiro atoms. The van der Waals surface area contributed by atoms with Crippen molar-refractivity contribution in [2.24, 2.45) is 0 Å². The van der Waals surface area contributed by atoms with Gasteiger partial charge in [0.2, 0.25) is 13.6 Å². The topological polar surface area (TPSA) is 112 Å². The second kappa shape index (κ2) is 7.42. The highest BCUT2D eigenvalue weighted by Crippen LogP contribution is 2.44. The Morgan fingerprint density at radius 3 is 2.24 bits per heavy atom. The number of carboxylic acid groups (broad SMARTS) is 1. The molecule has 0 aromatic heterocycles. The standard InChI is InChI=1S/C24H17NO8S/c26-24(27)23-22(15-6-8-18-20(10-15)33-13-31-18)16-3-1-2-4-21(16)34(28,29)25(23)11-14-5-7-17-19(9-14)32-12-30-17/h1-10H,11-13H2,(H,26,27). The Morgan fingerprint density at radius 1 is 0.853 bits per heavy atom. The van der Waals surface area contributed by atoms with Crippen molar-refractivity contribution < 1.29 is 37.3 Å². The Hall–Kier alpha value is -4.18. The Morgan fingerprint density at radius 2 is 1.50 bits per heavy atom. The van der Waals surface area contributed by atoms with E-state index in [1.54, 1.807) is 54.6 Å². The molecule has 9 nitrogen and oxygen atoms in total. The van der Waals surface area contributed by atoms with E-state index >= 15 is 0 Å². The third-order valence-electron chi connectivity index (χ3n) is 5.84. The highest BCUT2D eigenvalue weighted by molar-refractivity contribution is 7.89. The molecule has 3 aliphatic rings. The number of nitrogens with zero attached hydrogens (tertiary/aromatic N) is 1. The maximum absolute atomic E-state index is 13.6. The average molecular weight is 479 g/mol. The fourth-order valence-corrected chi connectivity index (χ4v) is 5.98. The maximum Gasteiger partial charge on any atom is 0.353 e. The summed E-state index contributed by atoms with van der Waals surface area (Å²) in [7, 11) is -4.18. The molecule has 0 atom stereocenters. The minimum Gasteiger partial charge on any atom is -0.477 e. The van der Waals surface area contributed by atoms with Crippen molar-refractivity contribution in [3.05, 3.63) is 83.1 Å². The van der Waals surface area contributed by atoms with Gasteiger partial charge in [0, 0.05) is 11.1 Å². The number of carboxylic acids is 1. The third-order valence-corrected chi connectivity index (χ3v) is 7.64. The van der Waals surface area contributed by atoms with Gasteiger partial charge in [0.25, 0.3) is 10.0 Å². The second-order valence-corrected chi connectivity index (χ2v) is 9.62. The predicted octanol–water partition coefficient (Wildman–Crippen LogP) is 3.19. The summed E-state index contributed by atoms with van der Waals surface area (Å²) in [6, 6.07) is 16.4. The molecule has 0 amide bonds. The molecule has 0 aliphatic carbocycles. The molecule has 0 fully saturated rings. The fraction of sp³-hybridized carbons (Fsp3) is 0.125. The maximum atomic E-state index is 13.6. The van der Waals surface area contributed by atoms with E-state index < -0.39 is 16.0 Å². The summed E-state index contributed by atoms with van der Waals surface area (Å²) in [6.45, 7) is -0.0729. The molecular weight excluding hydrogens is 462 g/mol. The van der Waals surface area contributed by atoms with Gasteiger partial charge in [0.1, 0.15) is 5.70 Å². The van der Waals surface area contributed by atoms with E-state index in [4.69, 9.17) is 18.9 Å². The number of ether oxygens (including phenoxy) is 4. The van der Waals surface area contributed by atoms with Crippen molar-refractivity contribution in [1.82, 2.24) is 4.31 Å². The zero-order valence-electron chi connectivity index (χ0n) is 17.6. The van der Waals surface area contributed by atoms with Crippen LogP contribution in [0.15, 0.2) is 71.3 Å². The fourth-order valence-electron chi connectivity index (χ4n) is 4.32. The molecule has 3 aliphatic heterocycles. The predicted molar refractivity (Wildman–Crippen MR) is 118 cm³/mol. The van der Waals surface area contributed by atoms with Crippen molar-refractivity contribution >= 4 is 21.6 Å². The van der Waals surface area contributed by atoms with Gasteiger partial charge < -0.3 is 24.1 Å². The van der Waals surface area contributed by atoms with Crippen molar-refractivity contribution in [1.29, 1.82) is 0 Å². The third kappa shape index (κ3) is 3.06. The van der Waals surface area contributed by atoms with Crippen LogP contribution in [0.5, 0.6) is 23.0 Å². The summed E-state index contributed by atoms with van der Waals surface area (Å²) in [4.78, 5) is 12.6. The number of hydrogen-bond acceptors (Lipinski definition) is 7. The number of aliphatic carboxylic acids is 1. The Bertz CT molecular complexity index is 1490. The summed E-state index contributed by atoms with van der Waals surface area (Å²) in [5, 5.41) is 10.3. The van der Waals surface area contributed by atoms with Crippen LogP contribution in [0.1, 0.15) is 16.7 Å². The van der Waals surface area contributed by atoms with Crippen LogP contribution in [0.2, 0.25) is 0 Å². The zero-order chi connectivity index (χ0) is 23.4. The van der Waals surface area contributed by atoms with Gasteiger partial charge in [-0.2, -0.15) is 0 Å². The lowest BCUT2D eigenvalue weighted by Crippen LogP contribution is -2.37. The average Bonchev–Trinajstić information content (AvgIpc) is 3.49. The number of benzene rings is 3. The van der Waals surface area contributed by atoms with Gasteiger partial charge in [0.15, 0.2) is 23.0 Å². The summed E-state index contributed by atoms with van der Waals surface area (Å²) in [5.74, 6) is 0.652. The molecule has 0 saturated heterocycles. The molecule has 0 unspecified atom stereocenters. The van der Waals surface area contributed by atoms with Crippen molar-refractivity contribution in [3.63, 3.8) is 0 Å². The Labute approximate surface area is 194 Å². The van der Waals surface area contributed by atoms with Gasteiger partial charge >= 0.3 is 5.97 Å². The van der Waals surface area contributed by atoms with Crippen LogP contribution in [0.4, 0.5) is 0 Å². The zero-order valence-corrected chi connectivity index (χ0v) is 18.4. The second-order valence-electron chi connectivity index (χ2n) is 7.79. The first-order chi connectivity index (χ1) is 16.4. The van der Waals surface area contributed by atoms with Crippen LogP contribution in [0.3, 0.4) is 0 Å². The first kappa shape index (κ1) is 20.4. The highest BCUT2D eigenvalue weighted by Gasteiger charge is 2.40. The van der Waals surface area contributed by atoms with Gasteiger partial charge in [-0.05, 0) is 41.5 Å². The van der Waals surface area contributed by atoms with Gasteiger partial charge in [-0.1, -0.05) is 30.3 Å². The Kier molecular flexibility index (Phi) is 4.46. The molecule has 3 aromatic rings. The van der Waals surface area contributed by atoms with E-state index in [9.17, 15) is 18.3 Å². The number of rotatable bonds is 4. The van der Waals surface area contributed by atoms with E-state index in [-0.39, 0.29) is 36.3 Å². The van der Waals surface area contributed by atoms with Crippen molar-refractivity contribution in [2.45, 2.75) is 11.4 Å². The van der Waals surface area contributed by atoms with Crippen LogP contribution in [0, 0.1) is 0 Å². The van der Waals surface area contributed by atoms with Crippen LogP contribution >= 0.6 is 0 Å². The summed E-state index contributed by atoms with van der Waals surface area (Å²) in [5.41, 5.74) is 1.28. The van der Waals surface area contributed by atoms with E-state index in [0.29, 0.717) is 39.7 Å². The molecule has 34 heavy (non-hydrogen) atoms. The van der Waals surface area contributed by atoms with Gasteiger partial charge in [0.05, 0.1) is 11.4 Å². The van der Waals surface area contributed by atoms with E-state index in [2.05, 4.69) is 0 Å². The monoisotopic (exact) mass is 479 g/mol. The molecule has 6 rings (SSSR count).